The van der Waals surface area contributed by atoms with Gasteiger partial charge < -0.3 is 60.4 Å². The van der Waals surface area contributed by atoms with Gasteiger partial charge in [-0.05, 0) is 55.9 Å². The Balaban J connectivity index is 2.34. The fourth-order valence-electron chi connectivity index (χ4n) is 4.78. The lowest BCUT2D eigenvalue weighted by Gasteiger charge is -2.26. The maximum atomic E-state index is 13.8. The van der Waals surface area contributed by atoms with Gasteiger partial charge in [-0.25, -0.2) is 4.79 Å². The van der Waals surface area contributed by atoms with E-state index >= 15 is 0 Å². The van der Waals surface area contributed by atoms with Crippen molar-refractivity contribution in [1.29, 1.82) is 0 Å². The third kappa shape index (κ3) is 15.9. The van der Waals surface area contributed by atoms with Gasteiger partial charge in [0.1, 0.15) is 29.9 Å². The number of hydrogen-bond acceptors (Lipinski definition) is 9. The number of amides is 7. The highest BCUT2D eigenvalue weighted by molar-refractivity contribution is 5.96. The van der Waals surface area contributed by atoms with Gasteiger partial charge in [0.25, 0.3) is 0 Å². The van der Waals surface area contributed by atoms with E-state index in [-0.39, 0.29) is 56.9 Å². The van der Waals surface area contributed by atoms with Gasteiger partial charge in [0, 0.05) is 25.9 Å². The fraction of sp³-hybridized carbons (Fsp3) is 0.424. The Hall–Kier alpha value is -5.91. The summed E-state index contributed by atoms with van der Waals surface area (Å²) in [5, 5.41) is 22.6. The van der Waals surface area contributed by atoms with E-state index in [1.807, 2.05) is 0 Å². The molecule has 0 aliphatic heterocycles. The molecule has 5 atom stereocenters. The van der Waals surface area contributed by atoms with Gasteiger partial charge in [0.15, 0.2) is 5.96 Å². The molecule has 51 heavy (non-hydrogen) atoms. The van der Waals surface area contributed by atoms with E-state index in [0.29, 0.717) is 17.5 Å². The number of guanidine groups is 1. The van der Waals surface area contributed by atoms with Gasteiger partial charge >= 0.3 is 6.03 Å². The third-order valence-electron chi connectivity index (χ3n) is 7.62. The van der Waals surface area contributed by atoms with Crippen molar-refractivity contribution in [2.75, 3.05) is 13.1 Å². The lowest BCUT2D eigenvalue weighted by molar-refractivity contribution is -0.134. The number of rotatable bonds is 21. The second-order valence-electron chi connectivity index (χ2n) is 11.9. The van der Waals surface area contributed by atoms with Crippen LogP contribution < -0.4 is 55.3 Å². The SMILES string of the molecule is C[C@@H](NC(=O)[C@H](Cc1ccccc1)NC(=O)[C@@H](CCCN=C(N)N)NC(=O)[C@H](Cc1ccc(O)cc1)NC(=O)[C@H](N)CCCNC(N)=O)C(N)=O. The number of phenols is 1. The lowest BCUT2D eigenvalue weighted by atomic mass is 10.0. The first-order valence-electron chi connectivity index (χ1n) is 16.3. The van der Waals surface area contributed by atoms with Crippen LogP contribution >= 0.6 is 0 Å². The van der Waals surface area contributed by atoms with E-state index in [4.69, 9.17) is 28.7 Å². The zero-order valence-electron chi connectivity index (χ0n) is 28.5. The Morgan fingerprint density at radius 2 is 1.22 bits per heavy atom. The molecule has 2 aromatic carbocycles. The second kappa shape index (κ2) is 21.2. The summed E-state index contributed by atoms with van der Waals surface area (Å²) in [5.74, 6) is -3.77. The van der Waals surface area contributed by atoms with E-state index in [1.165, 1.54) is 19.1 Å². The number of nitrogens with zero attached hydrogens (tertiary/aromatic N) is 1. The molecular formula is C33H49N11O7. The minimum absolute atomic E-state index is 0.00722. The fourth-order valence-corrected chi connectivity index (χ4v) is 4.78. The zero-order valence-corrected chi connectivity index (χ0v) is 28.5. The molecule has 2 rings (SSSR count). The molecule has 0 aliphatic carbocycles. The Morgan fingerprint density at radius 1 is 0.686 bits per heavy atom. The van der Waals surface area contributed by atoms with Crippen LogP contribution in [0, 0.1) is 0 Å². The van der Waals surface area contributed by atoms with Crippen LogP contribution in [-0.4, -0.2) is 89.9 Å². The summed E-state index contributed by atoms with van der Waals surface area (Å²) in [5.41, 5.74) is 28.6. The van der Waals surface area contributed by atoms with Crippen molar-refractivity contribution >= 4 is 41.5 Å². The minimum atomic E-state index is -1.24. The molecule has 7 amide bonds. The van der Waals surface area contributed by atoms with Crippen LogP contribution in [0.1, 0.15) is 43.7 Å². The van der Waals surface area contributed by atoms with Crippen LogP contribution in [0.4, 0.5) is 4.79 Å². The van der Waals surface area contributed by atoms with Gasteiger partial charge in [0.2, 0.25) is 29.5 Å². The summed E-state index contributed by atoms with van der Waals surface area (Å²) >= 11 is 0. The summed E-state index contributed by atoms with van der Waals surface area (Å²) in [6.45, 7) is 1.72. The van der Waals surface area contributed by atoms with Crippen LogP contribution in [0.15, 0.2) is 59.6 Å². The molecule has 278 valence electrons. The predicted molar refractivity (Wildman–Crippen MR) is 189 cm³/mol. The van der Waals surface area contributed by atoms with Crippen LogP contribution in [-0.2, 0) is 36.8 Å². The van der Waals surface area contributed by atoms with Gasteiger partial charge in [-0.3, -0.25) is 29.0 Å². The molecular weight excluding hydrogens is 662 g/mol. The lowest BCUT2D eigenvalue weighted by Crippen LogP contribution is -2.59. The molecule has 0 heterocycles. The highest BCUT2D eigenvalue weighted by Crippen LogP contribution is 2.13. The maximum absolute atomic E-state index is 13.8. The number of primary amides is 2. The number of carbonyl (C=O) groups excluding carboxylic acids is 6. The topological polar surface area (TPSA) is 325 Å². The van der Waals surface area contributed by atoms with Crippen LogP contribution in [0.3, 0.4) is 0 Å². The second-order valence-corrected chi connectivity index (χ2v) is 11.9. The van der Waals surface area contributed by atoms with Crippen molar-refractivity contribution < 1.29 is 33.9 Å². The number of urea groups is 1. The van der Waals surface area contributed by atoms with Crippen molar-refractivity contribution in [3.63, 3.8) is 0 Å². The first kappa shape index (κ1) is 41.3. The number of nitrogens with one attached hydrogen (secondary N) is 5. The van der Waals surface area contributed by atoms with Crippen molar-refractivity contribution in [1.82, 2.24) is 26.6 Å². The van der Waals surface area contributed by atoms with Gasteiger partial charge in [-0.15, -0.1) is 0 Å². The molecule has 0 radical (unpaired) electrons. The first-order valence-corrected chi connectivity index (χ1v) is 16.3. The molecule has 16 N–H and O–H groups in total. The smallest absolute Gasteiger partial charge is 0.312 e. The third-order valence-corrected chi connectivity index (χ3v) is 7.62. The molecule has 0 fully saturated rings. The average Bonchev–Trinajstić information content (AvgIpc) is 3.08. The molecule has 0 aliphatic rings. The first-order chi connectivity index (χ1) is 24.2. The van der Waals surface area contributed by atoms with Crippen LogP contribution in [0.25, 0.3) is 0 Å². The average molecular weight is 712 g/mol. The van der Waals surface area contributed by atoms with E-state index in [0.717, 1.165) is 0 Å². The van der Waals surface area contributed by atoms with Gasteiger partial charge in [-0.1, -0.05) is 42.5 Å². The van der Waals surface area contributed by atoms with Crippen molar-refractivity contribution in [3.8, 4) is 5.75 Å². The van der Waals surface area contributed by atoms with Crippen LogP contribution in [0.2, 0.25) is 0 Å². The summed E-state index contributed by atoms with van der Waals surface area (Å²) in [7, 11) is 0. The number of nitrogens with two attached hydrogens (primary N) is 5. The molecule has 0 aromatic heterocycles. The number of phenolic OH excluding ortho intramolecular Hbond substituents is 1. The molecule has 0 unspecified atom stereocenters. The number of hydrogen-bond donors (Lipinski definition) is 11. The Kier molecular flexibility index (Phi) is 17.2. The Bertz CT molecular complexity index is 1500. The number of carbonyl (C=O) groups is 6. The standard InChI is InChI=1S/C33H49N11O7/c1-19(27(35)46)41-30(49)25(17-20-7-3-2-4-8-20)44-29(48)24(10-6-15-39-32(36)37)42-31(50)26(18-21-11-13-22(45)14-12-21)43-28(47)23(34)9-5-16-40-33(38)51/h2-4,7-8,11-14,19,23-26,45H,5-6,9-10,15-18,34H2,1H3,(H2,35,46)(H,41,49)(H,42,50)(H,43,47)(H,44,48)(H4,36,37,39)(H3,38,40,51)/t19-,23-,24-,25+,26+/m1/s1. The van der Waals surface area contributed by atoms with Crippen molar-refractivity contribution in [2.45, 2.75) is 75.7 Å². The highest BCUT2D eigenvalue weighted by atomic mass is 16.3. The molecule has 0 saturated heterocycles. The van der Waals surface area contributed by atoms with Gasteiger partial charge in [0.05, 0.1) is 6.04 Å². The van der Waals surface area contributed by atoms with Gasteiger partial charge in [-0.2, -0.15) is 0 Å². The van der Waals surface area contributed by atoms with E-state index in [1.54, 1.807) is 42.5 Å². The summed E-state index contributed by atoms with van der Waals surface area (Å²) in [4.78, 5) is 80.5. The van der Waals surface area contributed by atoms with Crippen molar-refractivity contribution in [2.24, 2.45) is 33.7 Å². The largest absolute Gasteiger partial charge is 0.508 e. The number of aliphatic imine (C=N–C) groups is 1. The highest BCUT2D eigenvalue weighted by Gasteiger charge is 2.31. The predicted octanol–water partition coefficient (Wildman–Crippen LogP) is -2.55. The summed E-state index contributed by atoms with van der Waals surface area (Å²) in [6.07, 6.45) is 0.766. The quantitative estimate of drug-likeness (QED) is 0.0366. The van der Waals surface area contributed by atoms with Crippen molar-refractivity contribution in [3.05, 3.63) is 65.7 Å². The number of benzene rings is 2. The van der Waals surface area contributed by atoms with E-state index in [2.05, 4.69) is 31.6 Å². The maximum Gasteiger partial charge on any atom is 0.312 e. The Morgan fingerprint density at radius 3 is 1.78 bits per heavy atom. The van der Waals surface area contributed by atoms with E-state index in [9.17, 15) is 33.9 Å². The normalized spacial score (nSPS) is 13.6. The molecule has 0 saturated carbocycles. The monoisotopic (exact) mass is 711 g/mol. The molecule has 18 nitrogen and oxygen atoms in total. The molecule has 0 bridgehead atoms. The van der Waals surface area contributed by atoms with E-state index < -0.39 is 65.8 Å². The summed E-state index contributed by atoms with van der Waals surface area (Å²) in [6, 6.07) is 8.35. The number of aromatic hydroxyl groups is 1. The summed E-state index contributed by atoms with van der Waals surface area (Å²) < 4.78 is 0. The molecule has 0 spiro atoms. The zero-order chi connectivity index (χ0) is 37.9. The molecule has 18 heteroatoms. The Labute approximate surface area is 295 Å². The van der Waals surface area contributed by atoms with Crippen LogP contribution in [0.5, 0.6) is 5.75 Å². The molecule has 2 aromatic rings. The minimum Gasteiger partial charge on any atom is -0.508 e.